The van der Waals surface area contributed by atoms with Crippen molar-refractivity contribution in [1.29, 1.82) is 0 Å². The van der Waals surface area contributed by atoms with Gasteiger partial charge in [0.15, 0.2) is 0 Å². The van der Waals surface area contributed by atoms with E-state index in [4.69, 9.17) is 0 Å². The predicted molar refractivity (Wildman–Crippen MR) is 109 cm³/mol. The SMILES string of the molecule is CCCC1(CC2=Cc3c(cccc3-c3cc(C)cc(C)c3)C2)CCC1. The predicted octanol–water partition coefficient (Wildman–Crippen LogP) is 7.27. The summed E-state index contributed by atoms with van der Waals surface area (Å²) in [5.41, 5.74) is 10.8. The molecule has 1 fully saturated rings. The lowest BCUT2D eigenvalue weighted by molar-refractivity contribution is 0.118. The van der Waals surface area contributed by atoms with Gasteiger partial charge in [-0.1, -0.05) is 78.9 Å². The van der Waals surface area contributed by atoms with Crippen molar-refractivity contribution in [2.45, 2.75) is 65.7 Å². The Kier molecular flexibility index (Phi) is 4.31. The number of fused-ring (bicyclic) bond motifs is 1. The molecule has 0 amide bonds. The second kappa shape index (κ2) is 6.48. The van der Waals surface area contributed by atoms with Gasteiger partial charge in [-0.2, -0.15) is 0 Å². The van der Waals surface area contributed by atoms with Crippen molar-refractivity contribution in [2.75, 3.05) is 0 Å². The fraction of sp³-hybridized carbons (Fsp3) is 0.440. The Morgan fingerprint density at radius 2 is 1.76 bits per heavy atom. The molecule has 0 aliphatic heterocycles. The van der Waals surface area contributed by atoms with Gasteiger partial charge in [0.2, 0.25) is 0 Å². The maximum absolute atomic E-state index is 2.53. The van der Waals surface area contributed by atoms with Crippen LogP contribution in [0.15, 0.2) is 42.0 Å². The zero-order valence-corrected chi connectivity index (χ0v) is 16.0. The largest absolute Gasteiger partial charge is 0.0654 e. The van der Waals surface area contributed by atoms with Gasteiger partial charge in [-0.15, -0.1) is 0 Å². The van der Waals surface area contributed by atoms with Gasteiger partial charge in [0, 0.05) is 0 Å². The van der Waals surface area contributed by atoms with E-state index in [1.165, 1.54) is 78.3 Å². The van der Waals surface area contributed by atoms with Crippen LogP contribution in [0.25, 0.3) is 17.2 Å². The Labute approximate surface area is 153 Å². The quantitative estimate of drug-likeness (QED) is 0.540. The number of allylic oxidation sites excluding steroid dienone is 1. The van der Waals surface area contributed by atoms with Gasteiger partial charge in [0.25, 0.3) is 0 Å². The van der Waals surface area contributed by atoms with Crippen molar-refractivity contribution in [3.8, 4) is 11.1 Å². The Morgan fingerprint density at radius 3 is 2.40 bits per heavy atom. The fourth-order valence-corrected chi connectivity index (χ4v) is 5.14. The lowest BCUT2D eigenvalue weighted by atomic mass is 9.63. The number of hydrogen-bond acceptors (Lipinski definition) is 0. The van der Waals surface area contributed by atoms with E-state index in [1.54, 1.807) is 5.57 Å². The van der Waals surface area contributed by atoms with E-state index in [1.807, 2.05) is 0 Å². The third kappa shape index (κ3) is 3.19. The van der Waals surface area contributed by atoms with E-state index in [-0.39, 0.29) is 0 Å². The molecule has 0 aromatic heterocycles. The summed E-state index contributed by atoms with van der Waals surface area (Å²) < 4.78 is 0. The minimum absolute atomic E-state index is 0.628. The molecule has 130 valence electrons. The van der Waals surface area contributed by atoms with Gasteiger partial charge in [0.05, 0.1) is 0 Å². The smallest absolute Gasteiger partial charge is 0.00574 e. The Hall–Kier alpha value is -1.82. The lowest BCUT2D eigenvalue weighted by Gasteiger charge is -2.42. The van der Waals surface area contributed by atoms with Crippen LogP contribution >= 0.6 is 0 Å². The lowest BCUT2D eigenvalue weighted by Crippen LogP contribution is -2.29. The van der Waals surface area contributed by atoms with Crippen LogP contribution in [0.5, 0.6) is 0 Å². The molecule has 2 aliphatic rings. The highest BCUT2D eigenvalue weighted by molar-refractivity contribution is 5.81. The second-order valence-corrected chi connectivity index (χ2v) is 8.51. The first-order valence-electron chi connectivity index (χ1n) is 9.99. The van der Waals surface area contributed by atoms with Crippen molar-refractivity contribution in [3.05, 3.63) is 64.2 Å². The first kappa shape index (κ1) is 16.6. The maximum atomic E-state index is 2.53. The summed E-state index contributed by atoms with van der Waals surface area (Å²) in [4.78, 5) is 0. The normalized spacial score (nSPS) is 17.8. The molecule has 0 spiro atoms. The summed E-state index contributed by atoms with van der Waals surface area (Å²) in [6.07, 6.45) is 12.1. The van der Waals surface area contributed by atoms with Crippen LogP contribution in [0.1, 0.15) is 67.7 Å². The Bertz CT molecular complexity index is 798. The maximum Gasteiger partial charge on any atom is -0.00574 e. The minimum Gasteiger partial charge on any atom is -0.0654 e. The summed E-state index contributed by atoms with van der Waals surface area (Å²) in [5.74, 6) is 0. The number of benzene rings is 2. The van der Waals surface area contributed by atoms with Gasteiger partial charge in [0.1, 0.15) is 0 Å². The topological polar surface area (TPSA) is 0 Å². The van der Waals surface area contributed by atoms with Gasteiger partial charge < -0.3 is 0 Å². The van der Waals surface area contributed by atoms with Crippen molar-refractivity contribution < 1.29 is 0 Å². The molecular weight excluding hydrogens is 300 g/mol. The van der Waals surface area contributed by atoms with E-state index < -0.39 is 0 Å². The molecule has 0 N–H and O–H groups in total. The number of rotatable bonds is 5. The summed E-state index contributed by atoms with van der Waals surface area (Å²) in [7, 11) is 0. The molecule has 0 heteroatoms. The van der Waals surface area contributed by atoms with E-state index in [0.717, 1.165) is 0 Å². The molecule has 0 nitrogen and oxygen atoms in total. The first-order chi connectivity index (χ1) is 12.1. The molecule has 0 bridgehead atoms. The van der Waals surface area contributed by atoms with E-state index in [9.17, 15) is 0 Å². The monoisotopic (exact) mass is 330 g/mol. The van der Waals surface area contributed by atoms with Crippen LogP contribution in [-0.4, -0.2) is 0 Å². The van der Waals surface area contributed by atoms with Crippen LogP contribution in [0.3, 0.4) is 0 Å². The zero-order chi connectivity index (χ0) is 17.4. The third-order valence-corrected chi connectivity index (χ3v) is 6.29. The molecular formula is C25H30. The second-order valence-electron chi connectivity index (χ2n) is 8.51. The van der Waals surface area contributed by atoms with E-state index in [2.05, 4.69) is 63.2 Å². The van der Waals surface area contributed by atoms with Crippen LogP contribution in [0.2, 0.25) is 0 Å². The Balaban J connectivity index is 1.67. The third-order valence-electron chi connectivity index (χ3n) is 6.29. The van der Waals surface area contributed by atoms with Gasteiger partial charge >= 0.3 is 0 Å². The Morgan fingerprint density at radius 1 is 1.00 bits per heavy atom. The number of hydrogen-bond donors (Lipinski definition) is 0. The molecule has 0 radical (unpaired) electrons. The molecule has 2 aromatic carbocycles. The summed E-state index contributed by atoms with van der Waals surface area (Å²) in [6, 6.07) is 13.8. The molecule has 0 atom stereocenters. The standard InChI is InChI=1S/C25H30/c1-4-9-25(10-6-11-25)17-20-15-21-7-5-8-23(24(21)16-20)22-13-18(2)12-19(3)14-22/h5,7-8,12-14,16H,4,6,9-11,15,17H2,1-3H3. The molecule has 2 aliphatic carbocycles. The number of aryl methyl sites for hydroxylation is 2. The molecule has 25 heavy (non-hydrogen) atoms. The summed E-state index contributed by atoms with van der Waals surface area (Å²) >= 11 is 0. The molecule has 0 unspecified atom stereocenters. The molecule has 1 saturated carbocycles. The van der Waals surface area contributed by atoms with Gasteiger partial charge in [-0.05, 0) is 73.6 Å². The molecule has 2 aromatic rings. The summed E-state index contributed by atoms with van der Waals surface area (Å²) in [6.45, 7) is 6.74. The fourth-order valence-electron chi connectivity index (χ4n) is 5.14. The average molecular weight is 331 g/mol. The van der Waals surface area contributed by atoms with Crippen molar-refractivity contribution in [3.63, 3.8) is 0 Å². The van der Waals surface area contributed by atoms with Crippen molar-refractivity contribution in [2.24, 2.45) is 5.41 Å². The highest BCUT2D eigenvalue weighted by Gasteiger charge is 2.37. The van der Waals surface area contributed by atoms with E-state index in [0.29, 0.717) is 5.41 Å². The average Bonchev–Trinajstić information content (AvgIpc) is 2.94. The van der Waals surface area contributed by atoms with Crippen molar-refractivity contribution in [1.82, 2.24) is 0 Å². The van der Waals surface area contributed by atoms with Crippen LogP contribution in [0, 0.1) is 19.3 Å². The van der Waals surface area contributed by atoms with Gasteiger partial charge in [-0.3, -0.25) is 0 Å². The van der Waals surface area contributed by atoms with E-state index >= 15 is 0 Å². The highest BCUT2D eigenvalue weighted by Crippen LogP contribution is 2.51. The van der Waals surface area contributed by atoms with Crippen LogP contribution < -0.4 is 0 Å². The summed E-state index contributed by atoms with van der Waals surface area (Å²) in [5, 5.41) is 0. The zero-order valence-electron chi connectivity index (χ0n) is 16.0. The van der Waals surface area contributed by atoms with Crippen molar-refractivity contribution >= 4 is 6.08 Å². The minimum atomic E-state index is 0.628. The highest BCUT2D eigenvalue weighted by atomic mass is 14.4. The molecule has 0 heterocycles. The molecule has 4 rings (SSSR count). The molecule has 0 saturated heterocycles. The van der Waals surface area contributed by atoms with Crippen LogP contribution in [-0.2, 0) is 6.42 Å². The van der Waals surface area contributed by atoms with Gasteiger partial charge in [-0.25, -0.2) is 0 Å². The first-order valence-corrected chi connectivity index (χ1v) is 9.99. The van der Waals surface area contributed by atoms with Crippen LogP contribution in [0.4, 0.5) is 0 Å².